The molecule has 0 aliphatic rings. The standard InChI is InChI=1S/C15H14O2S/c1-9-7-11(8-18-9)15(16)14-10(2)17-13-6-4-3-5-12(13)14/h3-8,15-16H,1-2H3. The van der Waals surface area contributed by atoms with Gasteiger partial charge in [-0.15, -0.1) is 11.3 Å². The zero-order valence-electron chi connectivity index (χ0n) is 10.3. The fraction of sp³-hybridized carbons (Fsp3) is 0.200. The number of aliphatic hydroxyl groups is 1. The summed E-state index contributed by atoms with van der Waals surface area (Å²) in [5, 5.41) is 13.5. The van der Waals surface area contributed by atoms with Gasteiger partial charge in [-0.2, -0.15) is 0 Å². The number of para-hydroxylation sites is 1. The lowest BCUT2D eigenvalue weighted by Gasteiger charge is -2.08. The number of aliphatic hydroxyl groups excluding tert-OH is 1. The number of fused-ring (bicyclic) bond motifs is 1. The van der Waals surface area contributed by atoms with Crippen LogP contribution in [-0.4, -0.2) is 5.11 Å². The number of hydrogen-bond acceptors (Lipinski definition) is 3. The Hall–Kier alpha value is -1.58. The fourth-order valence-electron chi connectivity index (χ4n) is 2.30. The Balaban J connectivity index is 2.16. The molecule has 1 unspecified atom stereocenters. The second-order valence-corrected chi connectivity index (χ2v) is 5.58. The summed E-state index contributed by atoms with van der Waals surface area (Å²) in [6.07, 6.45) is -0.612. The molecular formula is C15H14O2S. The van der Waals surface area contributed by atoms with E-state index in [2.05, 4.69) is 0 Å². The van der Waals surface area contributed by atoms with Crippen molar-refractivity contribution in [2.75, 3.05) is 0 Å². The van der Waals surface area contributed by atoms with Gasteiger partial charge in [-0.25, -0.2) is 0 Å². The molecule has 0 aliphatic carbocycles. The van der Waals surface area contributed by atoms with Crippen LogP contribution in [0, 0.1) is 13.8 Å². The number of hydrogen-bond donors (Lipinski definition) is 1. The summed E-state index contributed by atoms with van der Waals surface area (Å²) in [5.74, 6) is 0.785. The van der Waals surface area contributed by atoms with E-state index in [1.54, 1.807) is 11.3 Å². The Morgan fingerprint density at radius 1 is 1.22 bits per heavy atom. The minimum atomic E-state index is -0.612. The van der Waals surface area contributed by atoms with Crippen LogP contribution in [0.2, 0.25) is 0 Å². The van der Waals surface area contributed by atoms with Crippen LogP contribution in [0.25, 0.3) is 11.0 Å². The summed E-state index contributed by atoms with van der Waals surface area (Å²) in [6.45, 7) is 3.94. The molecule has 1 aromatic carbocycles. The van der Waals surface area contributed by atoms with E-state index in [0.717, 1.165) is 27.9 Å². The van der Waals surface area contributed by atoms with E-state index in [4.69, 9.17) is 4.42 Å². The zero-order valence-corrected chi connectivity index (χ0v) is 11.1. The predicted molar refractivity (Wildman–Crippen MR) is 74.1 cm³/mol. The highest BCUT2D eigenvalue weighted by Crippen LogP contribution is 2.35. The van der Waals surface area contributed by atoms with Crippen molar-refractivity contribution in [3.63, 3.8) is 0 Å². The van der Waals surface area contributed by atoms with Gasteiger partial charge >= 0.3 is 0 Å². The van der Waals surface area contributed by atoms with E-state index in [0.29, 0.717) is 0 Å². The van der Waals surface area contributed by atoms with E-state index in [9.17, 15) is 5.11 Å². The van der Waals surface area contributed by atoms with Crippen molar-refractivity contribution < 1.29 is 9.52 Å². The SMILES string of the molecule is Cc1cc(C(O)c2c(C)oc3ccccc23)cs1. The summed E-state index contributed by atoms with van der Waals surface area (Å²) in [7, 11) is 0. The Labute approximate surface area is 109 Å². The number of thiophene rings is 1. The van der Waals surface area contributed by atoms with Crippen LogP contribution in [-0.2, 0) is 0 Å². The average Bonchev–Trinajstić information content (AvgIpc) is 2.91. The lowest BCUT2D eigenvalue weighted by atomic mass is 10.0. The second kappa shape index (κ2) is 4.26. The van der Waals surface area contributed by atoms with Gasteiger partial charge < -0.3 is 9.52 Å². The predicted octanol–water partition coefficient (Wildman–Crippen LogP) is 4.19. The van der Waals surface area contributed by atoms with Gasteiger partial charge in [0.1, 0.15) is 17.4 Å². The summed E-state index contributed by atoms with van der Waals surface area (Å²) in [4.78, 5) is 1.20. The van der Waals surface area contributed by atoms with Gasteiger partial charge in [-0.05, 0) is 36.9 Å². The summed E-state index contributed by atoms with van der Waals surface area (Å²) in [6, 6.07) is 9.85. The van der Waals surface area contributed by atoms with Gasteiger partial charge in [0.2, 0.25) is 0 Å². The van der Waals surface area contributed by atoms with Crippen LogP contribution >= 0.6 is 11.3 Å². The molecule has 0 radical (unpaired) electrons. The van der Waals surface area contributed by atoms with Gasteiger partial charge in [0.25, 0.3) is 0 Å². The molecule has 2 aromatic heterocycles. The van der Waals surface area contributed by atoms with E-state index < -0.39 is 6.10 Å². The molecule has 2 nitrogen and oxygen atoms in total. The molecule has 1 N–H and O–H groups in total. The van der Waals surface area contributed by atoms with E-state index in [1.165, 1.54) is 4.88 Å². The number of rotatable bonds is 2. The minimum Gasteiger partial charge on any atom is -0.461 e. The Kier molecular flexibility index (Phi) is 2.73. The molecule has 3 heteroatoms. The van der Waals surface area contributed by atoms with Gasteiger partial charge in [-0.1, -0.05) is 18.2 Å². The molecule has 92 valence electrons. The topological polar surface area (TPSA) is 33.4 Å². The Bertz CT molecular complexity index is 693. The number of benzene rings is 1. The lowest BCUT2D eigenvalue weighted by Crippen LogP contribution is -1.98. The lowest BCUT2D eigenvalue weighted by molar-refractivity contribution is 0.219. The molecule has 18 heavy (non-hydrogen) atoms. The third-order valence-corrected chi connectivity index (χ3v) is 4.04. The first-order chi connectivity index (χ1) is 8.66. The molecule has 1 atom stereocenters. The van der Waals surface area contributed by atoms with E-state index in [1.807, 2.05) is 49.6 Å². The molecule has 3 aromatic rings. The van der Waals surface area contributed by atoms with Crippen LogP contribution in [0.4, 0.5) is 0 Å². The van der Waals surface area contributed by atoms with E-state index in [-0.39, 0.29) is 0 Å². The van der Waals surface area contributed by atoms with Gasteiger partial charge in [0.05, 0.1) is 0 Å². The van der Waals surface area contributed by atoms with Gasteiger partial charge in [0, 0.05) is 15.8 Å². The normalized spacial score (nSPS) is 13.1. The van der Waals surface area contributed by atoms with Crippen molar-refractivity contribution in [3.05, 3.63) is 57.5 Å². The second-order valence-electron chi connectivity index (χ2n) is 4.46. The van der Waals surface area contributed by atoms with Crippen molar-refractivity contribution in [2.45, 2.75) is 20.0 Å². The van der Waals surface area contributed by atoms with Gasteiger partial charge in [-0.3, -0.25) is 0 Å². The van der Waals surface area contributed by atoms with E-state index >= 15 is 0 Å². The maximum atomic E-state index is 10.5. The fourth-order valence-corrected chi connectivity index (χ4v) is 3.02. The molecule has 0 fully saturated rings. The van der Waals surface area contributed by atoms with Crippen LogP contribution in [0.5, 0.6) is 0 Å². The number of furan rings is 1. The molecule has 0 spiro atoms. The zero-order chi connectivity index (χ0) is 12.7. The highest BCUT2D eigenvalue weighted by Gasteiger charge is 2.20. The van der Waals surface area contributed by atoms with Crippen molar-refractivity contribution >= 4 is 22.3 Å². The molecule has 3 rings (SSSR count). The highest BCUT2D eigenvalue weighted by atomic mass is 32.1. The van der Waals surface area contributed by atoms with Crippen molar-refractivity contribution in [2.24, 2.45) is 0 Å². The molecule has 2 heterocycles. The molecular weight excluding hydrogens is 244 g/mol. The van der Waals surface area contributed by atoms with Crippen molar-refractivity contribution in [3.8, 4) is 0 Å². The average molecular weight is 258 g/mol. The Morgan fingerprint density at radius 2 is 2.00 bits per heavy atom. The Morgan fingerprint density at radius 3 is 2.72 bits per heavy atom. The summed E-state index contributed by atoms with van der Waals surface area (Å²) in [5.41, 5.74) is 2.64. The summed E-state index contributed by atoms with van der Waals surface area (Å²) >= 11 is 1.65. The van der Waals surface area contributed by atoms with Crippen molar-refractivity contribution in [1.82, 2.24) is 0 Å². The first-order valence-electron chi connectivity index (χ1n) is 5.88. The third kappa shape index (κ3) is 1.76. The molecule has 0 saturated heterocycles. The molecule has 0 saturated carbocycles. The number of aryl methyl sites for hydroxylation is 2. The monoisotopic (exact) mass is 258 g/mol. The molecule has 0 amide bonds. The van der Waals surface area contributed by atoms with Crippen LogP contribution in [0.1, 0.15) is 27.9 Å². The highest BCUT2D eigenvalue weighted by molar-refractivity contribution is 7.10. The first-order valence-corrected chi connectivity index (χ1v) is 6.76. The third-order valence-electron chi connectivity index (χ3n) is 3.16. The smallest absolute Gasteiger partial charge is 0.134 e. The van der Waals surface area contributed by atoms with Crippen LogP contribution in [0.3, 0.4) is 0 Å². The van der Waals surface area contributed by atoms with Crippen LogP contribution in [0.15, 0.2) is 40.1 Å². The maximum absolute atomic E-state index is 10.5. The van der Waals surface area contributed by atoms with Crippen molar-refractivity contribution in [1.29, 1.82) is 0 Å². The molecule has 0 aliphatic heterocycles. The van der Waals surface area contributed by atoms with Crippen LogP contribution < -0.4 is 0 Å². The minimum absolute atomic E-state index is 0.612. The summed E-state index contributed by atoms with van der Waals surface area (Å²) < 4.78 is 5.69. The molecule has 0 bridgehead atoms. The van der Waals surface area contributed by atoms with Gasteiger partial charge in [0.15, 0.2) is 0 Å². The first kappa shape index (κ1) is 11.5. The maximum Gasteiger partial charge on any atom is 0.134 e. The largest absolute Gasteiger partial charge is 0.461 e. The quantitative estimate of drug-likeness (QED) is 0.747.